The van der Waals surface area contributed by atoms with Gasteiger partial charge in [-0.15, -0.1) is 0 Å². The average Bonchev–Trinajstić information content (AvgIpc) is 3.39. The van der Waals surface area contributed by atoms with Crippen LogP contribution >= 0.6 is 11.6 Å². The fraction of sp³-hybridized carbons (Fsp3) is 0.476. The predicted octanol–water partition coefficient (Wildman–Crippen LogP) is 3.22. The van der Waals surface area contributed by atoms with Crippen LogP contribution in [0.15, 0.2) is 22.7 Å². The lowest BCUT2D eigenvalue weighted by atomic mass is 10.0. The molecule has 7 nitrogen and oxygen atoms in total. The molecule has 1 atom stereocenters. The summed E-state index contributed by atoms with van der Waals surface area (Å²) in [4.78, 5) is 27.7. The van der Waals surface area contributed by atoms with E-state index in [2.05, 4.69) is 9.89 Å². The van der Waals surface area contributed by atoms with Crippen LogP contribution in [0, 0.1) is 5.92 Å². The topological polar surface area (TPSA) is 75.9 Å². The molecule has 2 fully saturated rings. The molecular formula is C21H22ClN3O4. The van der Waals surface area contributed by atoms with Gasteiger partial charge in [0.1, 0.15) is 0 Å². The largest absolute Gasteiger partial charge is 0.378 e. The minimum atomic E-state index is -3.41. The Hall–Kier alpha value is -2.38. The predicted molar refractivity (Wildman–Crippen MR) is 106 cm³/mol. The average molecular weight is 424 g/mol. The summed E-state index contributed by atoms with van der Waals surface area (Å²) >= 11 is 6.43. The van der Waals surface area contributed by atoms with Gasteiger partial charge < -0.3 is 19.1 Å². The van der Waals surface area contributed by atoms with Crippen LogP contribution < -0.4 is 0 Å². The van der Waals surface area contributed by atoms with E-state index in [1.165, 1.54) is 6.07 Å². The molecule has 2 aliphatic heterocycles. The molecule has 8 heteroatoms. The van der Waals surface area contributed by atoms with Crippen LogP contribution in [0.4, 0.5) is 0 Å². The molecule has 3 heterocycles. The van der Waals surface area contributed by atoms with Gasteiger partial charge in [0.2, 0.25) is 0 Å². The van der Waals surface area contributed by atoms with E-state index in [9.17, 15) is 9.59 Å². The van der Waals surface area contributed by atoms with Crippen molar-refractivity contribution < 1.29 is 29.8 Å². The molecule has 0 N–H and O–H groups in total. The number of ether oxygens (including phenoxy) is 1. The Kier molecular flexibility index (Phi) is 2.89. The Labute approximate surface area is 184 Å². The van der Waals surface area contributed by atoms with Crippen molar-refractivity contribution in [1.82, 2.24) is 15.0 Å². The molecule has 2 amide bonds. The number of carbonyl (C=O) groups excluding carboxylic acids is 2. The highest BCUT2D eigenvalue weighted by Gasteiger charge is 2.39. The van der Waals surface area contributed by atoms with E-state index < -0.39 is 37.7 Å². The number of morpholine rings is 1. The first-order valence-electron chi connectivity index (χ1n) is 13.1. The van der Waals surface area contributed by atoms with Crippen LogP contribution in [-0.4, -0.2) is 58.9 Å². The highest BCUT2D eigenvalue weighted by Crippen LogP contribution is 2.40. The molecule has 5 rings (SSSR count). The van der Waals surface area contributed by atoms with Gasteiger partial charge in [0.25, 0.3) is 11.8 Å². The summed E-state index contributed by atoms with van der Waals surface area (Å²) in [6.45, 7) is -11.2. The van der Waals surface area contributed by atoms with Crippen molar-refractivity contribution in [2.45, 2.75) is 32.4 Å². The normalized spacial score (nSPS) is 31.2. The van der Waals surface area contributed by atoms with Crippen molar-refractivity contribution in [2.75, 3.05) is 26.1 Å². The third kappa shape index (κ3) is 3.32. The first-order chi connectivity index (χ1) is 17.0. The second-order valence-corrected chi connectivity index (χ2v) is 7.66. The van der Waals surface area contributed by atoms with Gasteiger partial charge in [-0.25, -0.2) is 0 Å². The highest BCUT2D eigenvalue weighted by atomic mass is 35.5. The SMILES string of the molecule is [2H]C1([2H])OC([2H])([2H])C([2H])([2H])N(C(=O)c2cc(-c3cc(Cl)c4c(c3)CN([C@@H](C)C3CC3)C4=O)on2)C1([2H])[2H]. The van der Waals surface area contributed by atoms with E-state index in [0.717, 1.165) is 18.9 Å². The highest BCUT2D eigenvalue weighted by molar-refractivity contribution is 6.34. The van der Waals surface area contributed by atoms with E-state index in [1.54, 1.807) is 11.0 Å². The number of hydrogen-bond acceptors (Lipinski definition) is 5. The summed E-state index contributed by atoms with van der Waals surface area (Å²) in [6, 6.07) is 4.28. The Balaban J connectivity index is 1.47. The molecule has 0 bridgehead atoms. The number of amides is 2. The Morgan fingerprint density at radius 2 is 2.07 bits per heavy atom. The lowest BCUT2D eigenvalue weighted by Crippen LogP contribution is -2.40. The molecule has 0 spiro atoms. The molecule has 1 aromatic carbocycles. The lowest BCUT2D eigenvalue weighted by molar-refractivity contribution is 0.0296. The van der Waals surface area contributed by atoms with Crippen molar-refractivity contribution >= 4 is 23.4 Å². The van der Waals surface area contributed by atoms with Crippen LogP contribution in [0.3, 0.4) is 0 Å². The standard InChI is InChI=1S/C21H22ClN3O4/c1-12(13-2-3-13)25-11-15-8-14(9-16(22)19(15)21(25)27)18-10-17(23-29-18)20(26)24-4-6-28-7-5-24/h8-10,12-13H,2-7,11H2,1H3/t12-/m0/s1/i4D2,5D2,6D2,7D2. The van der Waals surface area contributed by atoms with Gasteiger partial charge in [-0.2, -0.15) is 0 Å². The molecule has 29 heavy (non-hydrogen) atoms. The summed E-state index contributed by atoms with van der Waals surface area (Å²) in [5, 5.41) is 3.78. The Morgan fingerprint density at radius 1 is 1.31 bits per heavy atom. The van der Waals surface area contributed by atoms with Crippen LogP contribution in [0.1, 0.15) is 57.1 Å². The monoisotopic (exact) mass is 423 g/mol. The van der Waals surface area contributed by atoms with E-state index in [0.29, 0.717) is 29.2 Å². The van der Waals surface area contributed by atoms with Crippen LogP contribution in [0.25, 0.3) is 11.3 Å². The number of nitrogens with zero attached hydrogens (tertiary/aromatic N) is 3. The van der Waals surface area contributed by atoms with Crippen molar-refractivity contribution in [1.29, 1.82) is 0 Å². The second-order valence-electron chi connectivity index (χ2n) is 7.25. The van der Waals surface area contributed by atoms with Gasteiger partial charge in [-0.05, 0) is 43.4 Å². The number of fused-ring (bicyclic) bond motifs is 1. The number of benzene rings is 1. The summed E-state index contributed by atoms with van der Waals surface area (Å²) < 4.78 is 72.8. The summed E-state index contributed by atoms with van der Waals surface area (Å²) in [5.41, 5.74) is 0.815. The van der Waals surface area contributed by atoms with Gasteiger partial charge in [0, 0.05) is 37.2 Å². The first kappa shape index (κ1) is 11.7. The zero-order valence-electron chi connectivity index (χ0n) is 23.4. The maximum Gasteiger partial charge on any atom is 0.276 e. The lowest BCUT2D eigenvalue weighted by Gasteiger charge is -2.25. The van der Waals surface area contributed by atoms with Crippen molar-refractivity contribution in [2.24, 2.45) is 5.92 Å². The first-order valence-corrected chi connectivity index (χ1v) is 9.53. The number of carbonyl (C=O) groups is 2. The Morgan fingerprint density at radius 3 is 2.79 bits per heavy atom. The third-order valence-corrected chi connectivity index (χ3v) is 5.72. The van der Waals surface area contributed by atoms with Gasteiger partial charge >= 0.3 is 0 Å². The molecular weight excluding hydrogens is 394 g/mol. The molecule has 3 aliphatic rings. The van der Waals surface area contributed by atoms with Crippen molar-refractivity contribution in [3.8, 4) is 11.3 Å². The number of hydrogen-bond donors (Lipinski definition) is 0. The molecule has 1 aliphatic carbocycles. The molecule has 2 aromatic rings. The molecule has 1 saturated heterocycles. The summed E-state index contributed by atoms with van der Waals surface area (Å²) in [5.74, 6) is -1.15. The number of halogens is 1. The van der Waals surface area contributed by atoms with E-state index in [4.69, 9.17) is 27.1 Å². The van der Waals surface area contributed by atoms with E-state index >= 15 is 0 Å². The van der Waals surface area contributed by atoms with Gasteiger partial charge in [0.05, 0.1) is 34.7 Å². The maximum atomic E-state index is 13.2. The smallest absolute Gasteiger partial charge is 0.276 e. The van der Waals surface area contributed by atoms with Crippen LogP contribution in [-0.2, 0) is 11.3 Å². The molecule has 0 radical (unpaired) electrons. The fourth-order valence-corrected chi connectivity index (χ4v) is 3.97. The molecule has 1 saturated carbocycles. The second kappa shape index (κ2) is 7.15. The van der Waals surface area contributed by atoms with E-state index in [-0.39, 0.29) is 27.6 Å². The van der Waals surface area contributed by atoms with Gasteiger partial charge in [-0.3, -0.25) is 9.59 Å². The van der Waals surface area contributed by atoms with Gasteiger partial charge in [-0.1, -0.05) is 16.8 Å². The third-order valence-electron chi connectivity index (χ3n) is 5.42. The van der Waals surface area contributed by atoms with Gasteiger partial charge in [0.15, 0.2) is 11.5 Å². The minimum absolute atomic E-state index is 0.00888. The van der Waals surface area contributed by atoms with Crippen LogP contribution in [0.2, 0.25) is 5.02 Å². The zero-order valence-corrected chi connectivity index (χ0v) is 16.1. The molecule has 0 unspecified atom stereocenters. The fourth-order valence-electron chi connectivity index (χ4n) is 3.65. The maximum absolute atomic E-state index is 13.2. The van der Waals surface area contributed by atoms with Crippen LogP contribution in [0.5, 0.6) is 0 Å². The summed E-state index contributed by atoms with van der Waals surface area (Å²) in [7, 11) is 0. The zero-order chi connectivity index (χ0) is 27.3. The Bertz CT molecular complexity index is 1290. The molecule has 1 aromatic heterocycles. The molecule has 152 valence electrons. The number of aromatic nitrogens is 1. The minimum Gasteiger partial charge on any atom is -0.378 e. The van der Waals surface area contributed by atoms with Crippen molar-refractivity contribution in [3.05, 3.63) is 40.0 Å². The number of rotatable bonds is 4. The van der Waals surface area contributed by atoms with Crippen molar-refractivity contribution in [3.63, 3.8) is 0 Å². The summed E-state index contributed by atoms with van der Waals surface area (Å²) in [6.07, 6.45) is 2.13. The van der Waals surface area contributed by atoms with E-state index in [1.807, 2.05) is 6.92 Å². The quantitative estimate of drug-likeness (QED) is 0.754.